The molecular formula is C13H20O. The number of hydrogen-bond donors (Lipinski definition) is 0. The highest BCUT2D eigenvalue weighted by atomic mass is 16.5. The van der Waals surface area contributed by atoms with Crippen LogP contribution in [-0.4, -0.2) is 12.2 Å². The van der Waals surface area contributed by atoms with Crippen molar-refractivity contribution in [1.82, 2.24) is 0 Å². The van der Waals surface area contributed by atoms with Crippen molar-refractivity contribution in [2.45, 2.75) is 45.3 Å². The molecule has 1 nitrogen and oxygen atoms in total. The Kier molecular flexibility index (Phi) is 1.98. The number of ether oxygens (including phenoxy) is 1. The van der Waals surface area contributed by atoms with Crippen molar-refractivity contribution in [3.8, 4) is 0 Å². The van der Waals surface area contributed by atoms with Crippen LogP contribution < -0.4 is 0 Å². The van der Waals surface area contributed by atoms with E-state index in [2.05, 4.69) is 26.0 Å². The lowest BCUT2D eigenvalue weighted by atomic mass is 9.80. The Balaban J connectivity index is 1.72. The van der Waals surface area contributed by atoms with E-state index in [0.29, 0.717) is 12.2 Å². The van der Waals surface area contributed by atoms with Gasteiger partial charge in [-0.05, 0) is 56.8 Å². The molecule has 3 aliphatic carbocycles. The molecule has 2 fully saturated rings. The number of fused-ring (bicyclic) bond motifs is 5. The molecule has 0 aromatic carbocycles. The quantitative estimate of drug-likeness (QED) is 0.611. The average molecular weight is 192 g/mol. The molecule has 0 heterocycles. The standard InChI is InChI=1S/C13H20O/c1-8(2)14-13-7-9-6-12(13)11-5-3-4-10(9)11/h3-4,8-13H,5-7H2,1-2H3. The fourth-order valence-corrected chi connectivity index (χ4v) is 4.00. The second-order valence-corrected chi connectivity index (χ2v) is 5.52. The van der Waals surface area contributed by atoms with Crippen LogP contribution in [0.2, 0.25) is 0 Å². The zero-order valence-corrected chi connectivity index (χ0v) is 9.15. The molecule has 5 unspecified atom stereocenters. The minimum absolute atomic E-state index is 0.409. The van der Waals surface area contributed by atoms with Gasteiger partial charge in [-0.2, -0.15) is 0 Å². The van der Waals surface area contributed by atoms with Crippen LogP contribution >= 0.6 is 0 Å². The lowest BCUT2D eigenvalue weighted by Crippen LogP contribution is -2.32. The minimum atomic E-state index is 0.409. The fourth-order valence-electron chi connectivity index (χ4n) is 4.00. The van der Waals surface area contributed by atoms with Crippen molar-refractivity contribution in [2.24, 2.45) is 23.7 Å². The summed E-state index contributed by atoms with van der Waals surface area (Å²) in [7, 11) is 0. The Bertz CT molecular complexity index is 256. The lowest BCUT2D eigenvalue weighted by Gasteiger charge is -2.32. The van der Waals surface area contributed by atoms with E-state index in [1.807, 2.05) is 0 Å². The van der Waals surface area contributed by atoms with Crippen molar-refractivity contribution in [3.63, 3.8) is 0 Å². The molecule has 3 aliphatic rings. The van der Waals surface area contributed by atoms with Crippen LogP contribution in [0.15, 0.2) is 12.2 Å². The SMILES string of the molecule is CC(C)OC1CC2CC1C1CC=CC21. The third kappa shape index (κ3) is 1.18. The van der Waals surface area contributed by atoms with E-state index in [4.69, 9.17) is 4.74 Å². The molecule has 78 valence electrons. The fraction of sp³-hybridized carbons (Fsp3) is 0.846. The van der Waals surface area contributed by atoms with Crippen LogP contribution in [0.3, 0.4) is 0 Å². The van der Waals surface area contributed by atoms with Gasteiger partial charge in [0.15, 0.2) is 0 Å². The Hall–Kier alpha value is -0.300. The van der Waals surface area contributed by atoms with Crippen LogP contribution in [0.5, 0.6) is 0 Å². The van der Waals surface area contributed by atoms with Gasteiger partial charge in [-0.25, -0.2) is 0 Å². The highest BCUT2D eigenvalue weighted by Gasteiger charge is 2.52. The molecule has 2 saturated carbocycles. The van der Waals surface area contributed by atoms with Crippen molar-refractivity contribution >= 4 is 0 Å². The Morgan fingerprint density at radius 1 is 1.21 bits per heavy atom. The van der Waals surface area contributed by atoms with Crippen molar-refractivity contribution in [3.05, 3.63) is 12.2 Å². The third-order valence-electron chi connectivity index (χ3n) is 4.39. The summed E-state index contributed by atoms with van der Waals surface area (Å²) in [5, 5.41) is 0. The molecule has 0 saturated heterocycles. The van der Waals surface area contributed by atoms with E-state index < -0.39 is 0 Å². The van der Waals surface area contributed by atoms with Gasteiger partial charge in [-0.3, -0.25) is 0 Å². The summed E-state index contributed by atoms with van der Waals surface area (Å²) in [5.41, 5.74) is 0. The summed E-state index contributed by atoms with van der Waals surface area (Å²) in [6.07, 6.45) is 9.95. The molecule has 5 atom stereocenters. The maximum atomic E-state index is 6.03. The van der Waals surface area contributed by atoms with Crippen LogP contribution in [0.25, 0.3) is 0 Å². The summed E-state index contributed by atoms with van der Waals surface area (Å²) in [5.74, 6) is 3.69. The zero-order chi connectivity index (χ0) is 9.71. The lowest BCUT2D eigenvalue weighted by molar-refractivity contribution is -0.0410. The first kappa shape index (κ1) is 8.96. The largest absolute Gasteiger partial charge is 0.375 e. The highest BCUT2D eigenvalue weighted by molar-refractivity contribution is 5.14. The molecule has 3 rings (SSSR count). The molecule has 0 N–H and O–H groups in total. The molecule has 0 amide bonds. The molecule has 0 aliphatic heterocycles. The molecule has 0 radical (unpaired) electrons. The van der Waals surface area contributed by atoms with Crippen LogP contribution in [0, 0.1) is 23.7 Å². The van der Waals surface area contributed by atoms with Crippen molar-refractivity contribution in [2.75, 3.05) is 0 Å². The number of rotatable bonds is 2. The molecule has 0 spiro atoms. The van der Waals surface area contributed by atoms with Gasteiger partial charge in [0.25, 0.3) is 0 Å². The topological polar surface area (TPSA) is 9.23 Å². The van der Waals surface area contributed by atoms with Crippen molar-refractivity contribution in [1.29, 1.82) is 0 Å². The van der Waals surface area contributed by atoms with Gasteiger partial charge in [0.1, 0.15) is 0 Å². The van der Waals surface area contributed by atoms with E-state index in [-0.39, 0.29) is 0 Å². The van der Waals surface area contributed by atoms with Gasteiger partial charge in [0.05, 0.1) is 12.2 Å². The van der Waals surface area contributed by atoms with Gasteiger partial charge < -0.3 is 4.74 Å². The monoisotopic (exact) mass is 192 g/mol. The highest BCUT2D eigenvalue weighted by Crippen LogP contribution is 2.57. The Labute approximate surface area is 86.5 Å². The molecule has 0 aromatic heterocycles. The average Bonchev–Trinajstić information content (AvgIpc) is 2.68. The maximum Gasteiger partial charge on any atom is 0.0612 e. The van der Waals surface area contributed by atoms with E-state index >= 15 is 0 Å². The van der Waals surface area contributed by atoms with Crippen molar-refractivity contribution < 1.29 is 4.74 Å². The summed E-state index contributed by atoms with van der Waals surface area (Å²) >= 11 is 0. The first-order chi connectivity index (χ1) is 6.75. The number of allylic oxidation sites excluding steroid dienone is 2. The summed E-state index contributed by atoms with van der Waals surface area (Å²) < 4.78 is 6.03. The zero-order valence-electron chi connectivity index (χ0n) is 9.15. The summed E-state index contributed by atoms with van der Waals surface area (Å²) in [6.45, 7) is 4.33. The molecule has 1 heteroatoms. The summed E-state index contributed by atoms with van der Waals surface area (Å²) in [4.78, 5) is 0. The smallest absolute Gasteiger partial charge is 0.0612 e. The van der Waals surface area contributed by atoms with E-state index in [1.54, 1.807) is 0 Å². The van der Waals surface area contributed by atoms with Gasteiger partial charge >= 0.3 is 0 Å². The second kappa shape index (κ2) is 3.10. The normalized spacial score (nSPS) is 49.2. The van der Waals surface area contributed by atoms with Gasteiger partial charge in [0.2, 0.25) is 0 Å². The van der Waals surface area contributed by atoms with E-state index in [1.165, 1.54) is 19.3 Å². The Morgan fingerprint density at radius 3 is 2.86 bits per heavy atom. The second-order valence-electron chi connectivity index (χ2n) is 5.52. The molecule has 2 bridgehead atoms. The van der Waals surface area contributed by atoms with Gasteiger partial charge in [0, 0.05) is 0 Å². The third-order valence-corrected chi connectivity index (χ3v) is 4.39. The molecule has 14 heavy (non-hydrogen) atoms. The minimum Gasteiger partial charge on any atom is -0.375 e. The summed E-state index contributed by atoms with van der Waals surface area (Å²) in [6, 6.07) is 0. The number of hydrogen-bond acceptors (Lipinski definition) is 1. The predicted molar refractivity (Wildman–Crippen MR) is 57.0 cm³/mol. The van der Waals surface area contributed by atoms with Crippen LogP contribution in [-0.2, 0) is 4.74 Å². The van der Waals surface area contributed by atoms with Gasteiger partial charge in [-0.1, -0.05) is 12.2 Å². The predicted octanol–water partition coefficient (Wildman–Crippen LogP) is 3.01. The van der Waals surface area contributed by atoms with Crippen LogP contribution in [0.4, 0.5) is 0 Å². The van der Waals surface area contributed by atoms with Gasteiger partial charge in [-0.15, -0.1) is 0 Å². The Morgan fingerprint density at radius 2 is 2.07 bits per heavy atom. The van der Waals surface area contributed by atoms with Crippen LogP contribution in [0.1, 0.15) is 33.1 Å². The first-order valence-corrected chi connectivity index (χ1v) is 6.08. The maximum absolute atomic E-state index is 6.03. The van der Waals surface area contributed by atoms with E-state index in [0.717, 1.165) is 23.7 Å². The first-order valence-electron chi connectivity index (χ1n) is 6.08. The molecular weight excluding hydrogens is 172 g/mol. The molecule has 0 aromatic rings. The van der Waals surface area contributed by atoms with E-state index in [9.17, 15) is 0 Å².